The SMILES string of the molecule is [C-]#[N+]c1ccc(C2[C@H]3CC(C)(C)C[C@H]3CN2Cc2c(OC)cc(C)c3c2ccn3C(=O)OC(C)(C)C)cc1. The summed E-state index contributed by atoms with van der Waals surface area (Å²) in [7, 11) is 1.72. The Bertz CT molecular complexity index is 1400. The van der Waals surface area contributed by atoms with E-state index in [-0.39, 0.29) is 12.1 Å². The van der Waals surface area contributed by atoms with Gasteiger partial charge >= 0.3 is 6.09 Å². The molecule has 2 aromatic carbocycles. The van der Waals surface area contributed by atoms with E-state index in [1.165, 1.54) is 18.4 Å². The Kier molecular flexibility index (Phi) is 6.55. The summed E-state index contributed by atoms with van der Waals surface area (Å²) in [5, 5.41) is 1.02. The van der Waals surface area contributed by atoms with Gasteiger partial charge in [-0.3, -0.25) is 9.47 Å². The van der Waals surface area contributed by atoms with Crippen LogP contribution in [0.25, 0.3) is 15.7 Å². The van der Waals surface area contributed by atoms with Gasteiger partial charge in [0.15, 0.2) is 5.69 Å². The minimum atomic E-state index is -0.575. The summed E-state index contributed by atoms with van der Waals surface area (Å²) in [6.07, 6.45) is 3.86. The number of aryl methyl sites for hydroxylation is 1. The molecule has 1 unspecified atom stereocenters. The molecule has 0 radical (unpaired) electrons. The molecular weight excluding hydrogens is 474 g/mol. The monoisotopic (exact) mass is 513 g/mol. The van der Waals surface area contributed by atoms with Gasteiger partial charge in [-0.2, -0.15) is 0 Å². The minimum Gasteiger partial charge on any atom is -0.496 e. The van der Waals surface area contributed by atoms with E-state index in [0.29, 0.717) is 22.9 Å². The van der Waals surface area contributed by atoms with Gasteiger partial charge in [0, 0.05) is 36.3 Å². The van der Waals surface area contributed by atoms with Crippen molar-refractivity contribution in [2.45, 2.75) is 72.6 Å². The topological polar surface area (TPSA) is 48.1 Å². The van der Waals surface area contributed by atoms with Gasteiger partial charge in [0.1, 0.15) is 11.4 Å². The average Bonchev–Trinajstić information content (AvgIpc) is 3.50. The number of hydrogen-bond donors (Lipinski definition) is 0. The molecule has 2 aliphatic rings. The quantitative estimate of drug-likeness (QED) is 0.333. The van der Waals surface area contributed by atoms with Crippen molar-refractivity contribution in [3.63, 3.8) is 0 Å². The maximum atomic E-state index is 13.1. The lowest BCUT2D eigenvalue weighted by Crippen LogP contribution is -2.28. The number of aromatic nitrogens is 1. The average molecular weight is 514 g/mol. The first kappa shape index (κ1) is 26.3. The molecule has 0 bridgehead atoms. The van der Waals surface area contributed by atoms with Crippen LogP contribution in [0.1, 0.15) is 70.2 Å². The van der Waals surface area contributed by atoms with Crippen LogP contribution in [0, 0.1) is 30.7 Å². The lowest BCUT2D eigenvalue weighted by atomic mass is 9.86. The van der Waals surface area contributed by atoms with Crippen molar-refractivity contribution in [2.75, 3.05) is 13.7 Å². The molecule has 0 amide bonds. The molecule has 1 saturated heterocycles. The largest absolute Gasteiger partial charge is 0.496 e. The fourth-order valence-electron chi connectivity index (χ4n) is 6.95. The Balaban J connectivity index is 1.56. The molecule has 0 N–H and O–H groups in total. The van der Waals surface area contributed by atoms with Crippen molar-refractivity contribution in [1.82, 2.24) is 9.47 Å². The van der Waals surface area contributed by atoms with E-state index < -0.39 is 5.60 Å². The highest BCUT2D eigenvalue weighted by Gasteiger charge is 2.50. The molecule has 1 saturated carbocycles. The van der Waals surface area contributed by atoms with Crippen molar-refractivity contribution >= 4 is 22.7 Å². The second-order valence-electron chi connectivity index (χ2n) is 12.9. The zero-order valence-electron chi connectivity index (χ0n) is 23.7. The first-order valence-corrected chi connectivity index (χ1v) is 13.5. The number of fused-ring (bicyclic) bond motifs is 2. The second kappa shape index (κ2) is 9.47. The Labute approximate surface area is 226 Å². The van der Waals surface area contributed by atoms with Crippen LogP contribution < -0.4 is 4.74 Å². The molecule has 38 heavy (non-hydrogen) atoms. The van der Waals surface area contributed by atoms with Crippen LogP contribution in [0.4, 0.5) is 10.5 Å². The van der Waals surface area contributed by atoms with Crippen LogP contribution in [-0.4, -0.2) is 34.8 Å². The van der Waals surface area contributed by atoms with Gasteiger partial charge in [-0.25, -0.2) is 9.64 Å². The Morgan fingerprint density at radius 3 is 2.50 bits per heavy atom. The van der Waals surface area contributed by atoms with Gasteiger partial charge in [-0.1, -0.05) is 38.1 Å². The van der Waals surface area contributed by atoms with Gasteiger partial charge in [-0.05, 0) is 81.0 Å². The molecule has 1 aliphatic carbocycles. The predicted molar refractivity (Wildman–Crippen MR) is 151 cm³/mol. The summed E-state index contributed by atoms with van der Waals surface area (Å²) in [5.41, 5.74) is 4.65. The molecule has 6 heteroatoms. The fourth-order valence-corrected chi connectivity index (χ4v) is 6.95. The van der Waals surface area contributed by atoms with Crippen molar-refractivity contribution in [1.29, 1.82) is 0 Å². The Morgan fingerprint density at radius 2 is 1.87 bits per heavy atom. The number of likely N-dealkylation sites (tertiary alicyclic amines) is 1. The molecule has 3 aromatic rings. The summed E-state index contributed by atoms with van der Waals surface area (Å²) in [4.78, 5) is 19.2. The minimum absolute atomic E-state index is 0.274. The number of ether oxygens (including phenoxy) is 2. The van der Waals surface area contributed by atoms with E-state index in [1.807, 2.05) is 58.2 Å². The second-order valence-corrected chi connectivity index (χ2v) is 12.9. The lowest BCUT2D eigenvalue weighted by Gasteiger charge is -2.31. The van der Waals surface area contributed by atoms with Gasteiger partial charge in [0.05, 0.1) is 19.2 Å². The number of carbonyl (C=O) groups excluding carboxylic acids is 1. The van der Waals surface area contributed by atoms with Crippen LogP contribution in [0.2, 0.25) is 0 Å². The maximum Gasteiger partial charge on any atom is 0.419 e. The zero-order valence-corrected chi connectivity index (χ0v) is 23.7. The molecular formula is C32H39N3O3. The smallest absolute Gasteiger partial charge is 0.419 e. The summed E-state index contributed by atoms with van der Waals surface area (Å²) < 4.78 is 13.2. The number of nitrogens with zero attached hydrogens (tertiary/aromatic N) is 3. The first-order valence-electron chi connectivity index (χ1n) is 13.5. The molecule has 2 fully saturated rings. The van der Waals surface area contributed by atoms with Crippen LogP contribution in [-0.2, 0) is 11.3 Å². The maximum absolute atomic E-state index is 13.1. The third-order valence-electron chi connectivity index (χ3n) is 8.24. The molecule has 0 spiro atoms. The van der Waals surface area contributed by atoms with Gasteiger partial charge in [-0.15, -0.1) is 0 Å². The van der Waals surface area contributed by atoms with Gasteiger partial charge < -0.3 is 9.47 Å². The summed E-state index contributed by atoms with van der Waals surface area (Å²) in [6.45, 7) is 21.6. The summed E-state index contributed by atoms with van der Waals surface area (Å²) in [5.74, 6) is 2.05. The van der Waals surface area contributed by atoms with E-state index in [9.17, 15) is 4.79 Å². The van der Waals surface area contributed by atoms with Gasteiger partial charge in [0.2, 0.25) is 0 Å². The molecule has 5 rings (SSSR count). The van der Waals surface area contributed by atoms with E-state index in [4.69, 9.17) is 16.0 Å². The Hall–Kier alpha value is -3.30. The fraction of sp³-hybridized carbons (Fsp3) is 0.500. The highest BCUT2D eigenvalue weighted by molar-refractivity contribution is 5.95. The predicted octanol–water partition coefficient (Wildman–Crippen LogP) is 7.90. The number of hydrogen-bond acceptors (Lipinski definition) is 4. The van der Waals surface area contributed by atoms with Crippen LogP contribution in [0.3, 0.4) is 0 Å². The van der Waals surface area contributed by atoms with Crippen molar-refractivity contribution in [3.05, 3.63) is 70.7 Å². The zero-order chi connectivity index (χ0) is 27.4. The normalized spacial score (nSPS) is 22.8. The highest BCUT2D eigenvalue weighted by Crippen LogP contribution is 2.56. The third-order valence-corrected chi connectivity index (χ3v) is 8.24. The van der Waals surface area contributed by atoms with Gasteiger partial charge in [0.25, 0.3) is 0 Å². The van der Waals surface area contributed by atoms with Crippen molar-refractivity contribution in [3.8, 4) is 5.75 Å². The highest BCUT2D eigenvalue weighted by atomic mass is 16.6. The summed E-state index contributed by atoms with van der Waals surface area (Å²) in [6, 6.07) is 12.5. The molecule has 3 atom stereocenters. The number of methoxy groups -OCH3 is 1. The molecule has 2 heterocycles. The van der Waals surface area contributed by atoms with Crippen LogP contribution in [0.15, 0.2) is 42.6 Å². The van der Waals surface area contributed by atoms with Crippen molar-refractivity contribution in [2.24, 2.45) is 17.3 Å². The number of carbonyl (C=O) groups is 1. The van der Waals surface area contributed by atoms with Crippen LogP contribution in [0.5, 0.6) is 5.75 Å². The molecule has 6 nitrogen and oxygen atoms in total. The third kappa shape index (κ3) is 4.80. The van der Waals surface area contributed by atoms with E-state index in [2.05, 4.69) is 35.7 Å². The first-order chi connectivity index (χ1) is 17.9. The molecule has 200 valence electrons. The molecule has 1 aliphatic heterocycles. The lowest BCUT2D eigenvalue weighted by molar-refractivity contribution is 0.0544. The van der Waals surface area contributed by atoms with Crippen molar-refractivity contribution < 1.29 is 14.3 Å². The van der Waals surface area contributed by atoms with E-state index in [1.54, 1.807) is 11.7 Å². The standard InChI is InChI=1S/C32H39N3O3/c1-20-15-27(37-8)26(24-13-14-35(28(20)24)30(36)38-31(2,3)4)19-34-18-22-16-32(5,6)17-25(22)29(34)21-9-11-23(33-7)12-10-21/h9-15,22,25,29H,16-19H2,1-6,8H3/t22-,25-,29?/m0/s1. The van der Waals surface area contributed by atoms with E-state index in [0.717, 1.165) is 40.9 Å². The number of rotatable bonds is 4. The summed E-state index contributed by atoms with van der Waals surface area (Å²) >= 11 is 0. The Morgan fingerprint density at radius 1 is 1.16 bits per heavy atom. The van der Waals surface area contributed by atoms with E-state index >= 15 is 0 Å². The molecule has 1 aromatic heterocycles. The number of benzene rings is 2. The van der Waals surface area contributed by atoms with Crippen LogP contribution >= 0.6 is 0 Å².